The van der Waals surface area contributed by atoms with Crippen molar-refractivity contribution in [3.8, 4) is 0 Å². The molecule has 0 radical (unpaired) electrons. The second-order valence-corrected chi connectivity index (χ2v) is 4.54. The molecule has 3 N–H and O–H groups in total. The van der Waals surface area contributed by atoms with Gasteiger partial charge < -0.3 is 11.1 Å². The quantitative estimate of drug-likeness (QED) is 0.862. The Morgan fingerprint density at radius 2 is 2.11 bits per heavy atom. The Labute approximate surface area is 108 Å². The van der Waals surface area contributed by atoms with Crippen molar-refractivity contribution in [2.45, 2.75) is 18.8 Å². The van der Waals surface area contributed by atoms with E-state index in [9.17, 15) is 18.0 Å². The Kier molecular flexibility index (Phi) is 3.66. The summed E-state index contributed by atoms with van der Waals surface area (Å²) in [7, 11) is 0. The lowest BCUT2D eigenvalue weighted by atomic mass is 9.95. The maximum Gasteiger partial charge on any atom is 0.401 e. The summed E-state index contributed by atoms with van der Waals surface area (Å²) in [5, 5.41) is 2.48. The molecule has 1 unspecified atom stereocenters. The van der Waals surface area contributed by atoms with Gasteiger partial charge in [-0.2, -0.15) is 13.2 Å². The number of nitrogens with zero attached hydrogens (tertiary/aromatic N) is 1. The fourth-order valence-electron chi connectivity index (χ4n) is 2.35. The van der Waals surface area contributed by atoms with Gasteiger partial charge in [0.2, 0.25) is 0 Å². The number of benzene rings is 1. The van der Waals surface area contributed by atoms with Gasteiger partial charge in [0.25, 0.3) is 0 Å². The molecule has 1 aliphatic rings. The first-order valence-electron chi connectivity index (χ1n) is 5.78. The van der Waals surface area contributed by atoms with Crippen molar-refractivity contribution in [1.82, 2.24) is 10.2 Å². The molecule has 0 spiro atoms. The summed E-state index contributed by atoms with van der Waals surface area (Å²) in [6.45, 7) is -0.690. The molecular weight excluding hydrogens is 259 g/mol. The van der Waals surface area contributed by atoms with Crippen molar-refractivity contribution in [2.24, 2.45) is 5.73 Å². The van der Waals surface area contributed by atoms with E-state index in [-0.39, 0.29) is 13.1 Å². The molecule has 2 amide bonds. The van der Waals surface area contributed by atoms with E-state index >= 15 is 0 Å². The van der Waals surface area contributed by atoms with Gasteiger partial charge in [0, 0.05) is 13.1 Å². The maximum absolute atomic E-state index is 12.5. The SMILES string of the molecule is NC(=O)NC1CN(CC(F)(F)F)Cc2ccccc21. The number of nitrogens with one attached hydrogen (secondary N) is 1. The summed E-state index contributed by atoms with van der Waals surface area (Å²) in [6, 6.07) is 5.85. The van der Waals surface area contributed by atoms with Gasteiger partial charge >= 0.3 is 12.2 Å². The number of rotatable bonds is 2. The molecule has 1 heterocycles. The smallest absolute Gasteiger partial charge is 0.352 e. The third kappa shape index (κ3) is 3.60. The highest BCUT2D eigenvalue weighted by Crippen LogP contribution is 2.28. The van der Waals surface area contributed by atoms with Gasteiger partial charge in [0.15, 0.2) is 0 Å². The van der Waals surface area contributed by atoms with Crippen LogP contribution in [0, 0.1) is 0 Å². The van der Waals surface area contributed by atoms with E-state index in [4.69, 9.17) is 5.73 Å². The van der Waals surface area contributed by atoms with Crippen LogP contribution in [-0.4, -0.2) is 30.2 Å². The van der Waals surface area contributed by atoms with Gasteiger partial charge in [-0.3, -0.25) is 4.90 Å². The number of nitrogens with two attached hydrogens (primary N) is 1. The van der Waals surface area contributed by atoms with Crippen LogP contribution in [0.1, 0.15) is 17.2 Å². The average molecular weight is 273 g/mol. The number of amides is 2. The molecule has 0 saturated carbocycles. The summed E-state index contributed by atoms with van der Waals surface area (Å²) in [5.74, 6) is 0. The number of primary amides is 1. The minimum Gasteiger partial charge on any atom is -0.352 e. The Hall–Kier alpha value is -1.76. The summed E-state index contributed by atoms with van der Waals surface area (Å²) < 4.78 is 37.4. The highest BCUT2D eigenvalue weighted by Gasteiger charge is 2.34. The number of fused-ring (bicyclic) bond motifs is 1. The van der Waals surface area contributed by atoms with Crippen molar-refractivity contribution in [3.63, 3.8) is 0 Å². The topological polar surface area (TPSA) is 58.4 Å². The summed E-state index contributed by atoms with van der Waals surface area (Å²) >= 11 is 0. The molecule has 1 aliphatic heterocycles. The van der Waals surface area contributed by atoms with Crippen LogP contribution in [0.5, 0.6) is 0 Å². The molecule has 1 atom stereocenters. The second kappa shape index (κ2) is 5.08. The number of alkyl halides is 3. The highest BCUT2D eigenvalue weighted by molar-refractivity contribution is 5.72. The van der Waals surface area contributed by atoms with E-state index in [2.05, 4.69) is 5.32 Å². The predicted octanol–water partition coefficient (Wildman–Crippen LogP) is 1.77. The standard InChI is InChI=1S/C12H14F3N3O/c13-12(14,15)7-18-5-8-3-1-2-4-9(8)10(6-18)17-11(16)19/h1-4,10H,5-7H2,(H3,16,17,19). The molecule has 0 bridgehead atoms. The predicted molar refractivity (Wildman–Crippen MR) is 63.2 cm³/mol. The minimum atomic E-state index is -4.26. The maximum atomic E-state index is 12.5. The minimum absolute atomic E-state index is 0.0967. The molecule has 19 heavy (non-hydrogen) atoms. The van der Waals surface area contributed by atoms with Crippen molar-refractivity contribution in [2.75, 3.05) is 13.1 Å². The normalized spacial score (nSPS) is 19.8. The Morgan fingerprint density at radius 1 is 1.42 bits per heavy atom. The molecule has 0 aliphatic carbocycles. The van der Waals surface area contributed by atoms with E-state index in [1.54, 1.807) is 24.3 Å². The van der Waals surface area contributed by atoms with Gasteiger partial charge in [0.1, 0.15) is 0 Å². The zero-order chi connectivity index (χ0) is 14.0. The lowest BCUT2D eigenvalue weighted by Crippen LogP contribution is -2.46. The van der Waals surface area contributed by atoms with Gasteiger partial charge in [-0.1, -0.05) is 24.3 Å². The first-order chi connectivity index (χ1) is 8.85. The molecule has 1 aromatic rings. The lowest BCUT2D eigenvalue weighted by Gasteiger charge is -2.35. The van der Waals surface area contributed by atoms with Crippen LogP contribution in [0.15, 0.2) is 24.3 Å². The van der Waals surface area contributed by atoms with Gasteiger partial charge in [-0.25, -0.2) is 4.79 Å². The monoisotopic (exact) mass is 273 g/mol. The molecule has 2 rings (SSSR count). The zero-order valence-electron chi connectivity index (χ0n) is 10.1. The third-order valence-electron chi connectivity index (χ3n) is 2.98. The van der Waals surface area contributed by atoms with E-state index < -0.39 is 24.8 Å². The van der Waals surface area contributed by atoms with Gasteiger partial charge in [0.05, 0.1) is 12.6 Å². The van der Waals surface area contributed by atoms with Crippen molar-refractivity contribution in [3.05, 3.63) is 35.4 Å². The molecule has 0 fully saturated rings. The molecule has 104 valence electrons. The van der Waals surface area contributed by atoms with Crippen molar-refractivity contribution in [1.29, 1.82) is 0 Å². The number of carbonyl (C=O) groups excluding carboxylic acids is 1. The Morgan fingerprint density at radius 3 is 2.74 bits per heavy atom. The van der Waals surface area contributed by atoms with Crippen molar-refractivity contribution < 1.29 is 18.0 Å². The third-order valence-corrected chi connectivity index (χ3v) is 2.98. The summed E-state index contributed by atoms with van der Waals surface area (Å²) in [6.07, 6.45) is -4.26. The summed E-state index contributed by atoms with van der Waals surface area (Å²) in [5.41, 5.74) is 6.66. The van der Waals surface area contributed by atoms with Gasteiger partial charge in [-0.05, 0) is 11.1 Å². The zero-order valence-corrected chi connectivity index (χ0v) is 10.1. The van der Waals surface area contributed by atoms with Crippen LogP contribution in [0.2, 0.25) is 0 Å². The highest BCUT2D eigenvalue weighted by atomic mass is 19.4. The molecule has 1 aromatic carbocycles. The van der Waals surface area contributed by atoms with Crippen LogP contribution in [0.3, 0.4) is 0 Å². The second-order valence-electron chi connectivity index (χ2n) is 4.54. The first kappa shape index (κ1) is 13.7. The molecule has 0 saturated heterocycles. The Bertz CT molecular complexity index is 476. The fraction of sp³-hybridized carbons (Fsp3) is 0.417. The fourth-order valence-corrected chi connectivity index (χ4v) is 2.35. The molecular formula is C12H14F3N3O. The average Bonchev–Trinajstić information content (AvgIpc) is 2.25. The van der Waals surface area contributed by atoms with Crippen LogP contribution in [0.25, 0.3) is 0 Å². The van der Waals surface area contributed by atoms with E-state index in [0.717, 1.165) is 11.1 Å². The van der Waals surface area contributed by atoms with Crippen LogP contribution in [-0.2, 0) is 6.54 Å². The number of halogens is 3. The van der Waals surface area contributed by atoms with Crippen LogP contribution in [0.4, 0.5) is 18.0 Å². The number of hydrogen-bond donors (Lipinski definition) is 2. The van der Waals surface area contributed by atoms with Crippen LogP contribution >= 0.6 is 0 Å². The van der Waals surface area contributed by atoms with E-state index in [1.807, 2.05) is 0 Å². The number of carbonyl (C=O) groups is 1. The first-order valence-corrected chi connectivity index (χ1v) is 5.78. The number of hydrogen-bond acceptors (Lipinski definition) is 2. The van der Waals surface area contributed by atoms with E-state index in [1.165, 1.54) is 4.90 Å². The molecule has 4 nitrogen and oxygen atoms in total. The summed E-state index contributed by atoms with van der Waals surface area (Å²) in [4.78, 5) is 12.2. The molecule has 7 heteroatoms. The van der Waals surface area contributed by atoms with Crippen LogP contribution < -0.4 is 11.1 Å². The lowest BCUT2D eigenvalue weighted by molar-refractivity contribution is -0.148. The van der Waals surface area contributed by atoms with Crippen molar-refractivity contribution >= 4 is 6.03 Å². The molecule has 0 aromatic heterocycles. The Balaban J connectivity index is 2.21. The van der Waals surface area contributed by atoms with E-state index in [0.29, 0.717) is 0 Å². The number of urea groups is 1. The van der Waals surface area contributed by atoms with Gasteiger partial charge in [-0.15, -0.1) is 0 Å². The largest absolute Gasteiger partial charge is 0.401 e.